The second kappa shape index (κ2) is 31.3. The van der Waals surface area contributed by atoms with Crippen molar-refractivity contribution >= 4 is 71.0 Å². The van der Waals surface area contributed by atoms with E-state index in [4.69, 9.17) is 22.9 Å². The lowest BCUT2D eigenvalue weighted by atomic mass is 10.0. The van der Waals surface area contributed by atoms with Gasteiger partial charge in [0, 0.05) is 13.0 Å². The van der Waals surface area contributed by atoms with Crippen LogP contribution < -0.4 is 70.8 Å². The zero-order valence-corrected chi connectivity index (χ0v) is 39.8. The molecule has 0 bridgehead atoms. The number of rotatable bonds is 32. The van der Waals surface area contributed by atoms with Crippen LogP contribution in [0.1, 0.15) is 80.6 Å². The number of carboxylic acids is 1. The number of nitrogens with zero attached hydrogens (tertiary/aromatic N) is 1. The maximum Gasteiger partial charge on any atom is 0.328 e. The molecule has 0 aliphatic heterocycles. The maximum absolute atomic E-state index is 13.4. The molecule has 0 spiro atoms. The minimum Gasteiger partial charge on any atom is -0.480 e. The van der Waals surface area contributed by atoms with Gasteiger partial charge in [0.2, 0.25) is 59.1 Å². The van der Waals surface area contributed by atoms with E-state index in [0.717, 1.165) is 6.92 Å². The van der Waals surface area contributed by atoms with Gasteiger partial charge in [-0.25, -0.2) is 4.79 Å². The number of aliphatic hydroxyl groups excluding tert-OH is 3. The molecule has 21 N–H and O–H groups in total. The predicted molar refractivity (Wildman–Crippen MR) is 244 cm³/mol. The van der Waals surface area contributed by atoms with Crippen LogP contribution in [0.4, 0.5) is 0 Å². The van der Waals surface area contributed by atoms with Gasteiger partial charge in [0.1, 0.15) is 36.3 Å². The lowest BCUT2D eigenvalue weighted by molar-refractivity contribution is -0.144. The molecule has 0 aromatic heterocycles. The van der Waals surface area contributed by atoms with Crippen LogP contribution in [-0.4, -0.2) is 178 Å². The number of carboxylic acid groups (broad SMARTS) is 1. The predicted octanol–water partition coefficient (Wildman–Crippen LogP) is -8.18. The molecule has 0 fully saturated rings. The van der Waals surface area contributed by atoms with E-state index in [0.29, 0.717) is 0 Å². The van der Waals surface area contributed by atoms with Crippen molar-refractivity contribution in [1.29, 1.82) is 0 Å². The van der Waals surface area contributed by atoms with Gasteiger partial charge in [-0.15, -0.1) is 0 Å². The monoisotopic (exact) mass is 989 g/mol. The largest absolute Gasteiger partial charge is 0.480 e. The molecule has 0 aromatic rings. The minimum atomic E-state index is -1.70. The summed E-state index contributed by atoms with van der Waals surface area (Å²) in [6.07, 6.45) is -3.72. The highest BCUT2D eigenvalue weighted by atomic mass is 16.4. The number of carbonyl (C=O) groups excluding carboxylic acids is 10. The highest BCUT2D eigenvalue weighted by molar-refractivity contribution is 5.98. The zero-order valence-electron chi connectivity index (χ0n) is 39.8. The summed E-state index contributed by atoms with van der Waals surface area (Å²) in [5.41, 5.74) is 21.8. The molecular formula is C40H72N14O15. The maximum atomic E-state index is 13.4. The quantitative estimate of drug-likeness (QED) is 0.0169. The standard InChI is InChI=1S/C40H72N14O15/c1-17(2)13-24(51-38(67)30(20(6)56)54-37(66)29(42)18(3)4)35(64)52-25(16-55)36(65)48-19(5)32(61)50-23(10-11-26(41)58)34(63)46-14-27(59)49-22(9-8-12-45-40(43)44)33(62)47-15-28(60)53-31(21(7)57)39(68)69/h17-25,29-31,55-57H,8-16,42H2,1-7H3,(H2,41,58)(H,46,63)(H,47,62)(H,48,65)(H,49,59)(H,50,61)(H,51,67)(H,52,64)(H,53,60)(H,54,66)(H,68,69)(H4,43,44,45)/t19-,20+,21+,22-,23-,24-,25-,29-,30-,31-/m0/s1. The first kappa shape index (κ1) is 62.3. The molecule has 10 atom stereocenters. The summed E-state index contributed by atoms with van der Waals surface area (Å²) in [6, 6.07) is -11.6. The average Bonchev–Trinajstić information content (AvgIpc) is 3.25. The molecule has 392 valence electrons. The van der Waals surface area contributed by atoms with E-state index in [1.54, 1.807) is 27.7 Å². The van der Waals surface area contributed by atoms with Gasteiger partial charge < -0.3 is 91.2 Å². The van der Waals surface area contributed by atoms with E-state index in [-0.39, 0.29) is 43.6 Å². The summed E-state index contributed by atoms with van der Waals surface area (Å²) in [5.74, 6) is -11.8. The van der Waals surface area contributed by atoms with Crippen LogP contribution in [0.3, 0.4) is 0 Å². The first-order chi connectivity index (χ1) is 32.0. The van der Waals surface area contributed by atoms with E-state index in [2.05, 4.69) is 47.5 Å². The Morgan fingerprint density at radius 2 is 1.04 bits per heavy atom. The van der Waals surface area contributed by atoms with Gasteiger partial charge in [0.05, 0.1) is 37.9 Å². The lowest BCUT2D eigenvalue weighted by Crippen LogP contribution is -2.61. The highest BCUT2D eigenvalue weighted by Gasteiger charge is 2.34. The van der Waals surface area contributed by atoms with Crippen molar-refractivity contribution < 1.29 is 73.2 Å². The molecule has 10 amide bonds. The molecule has 29 heteroatoms. The molecule has 0 radical (unpaired) electrons. The number of nitrogens with two attached hydrogens (primary N) is 4. The summed E-state index contributed by atoms with van der Waals surface area (Å²) < 4.78 is 0. The van der Waals surface area contributed by atoms with Gasteiger partial charge in [-0.2, -0.15) is 0 Å². The van der Waals surface area contributed by atoms with Gasteiger partial charge in [0.15, 0.2) is 12.0 Å². The molecule has 0 saturated carbocycles. The average molecular weight is 989 g/mol. The fourth-order valence-electron chi connectivity index (χ4n) is 5.83. The van der Waals surface area contributed by atoms with E-state index in [9.17, 15) is 73.2 Å². The fraction of sp³-hybridized carbons (Fsp3) is 0.700. The van der Waals surface area contributed by atoms with E-state index < -0.39 is 158 Å². The second-order valence-electron chi connectivity index (χ2n) is 16.9. The first-order valence-corrected chi connectivity index (χ1v) is 22.0. The molecule has 29 nitrogen and oxygen atoms in total. The Morgan fingerprint density at radius 3 is 1.51 bits per heavy atom. The number of guanidine groups is 1. The van der Waals surface area contributed by atoms with Crippen LogP contribution >= 0.6 is 0 Å². The lowest BCUT2D eigenvalue weighted by Gasteiger charge is -2.28. The number of hydrogen-bond acceptors (Lipinski definition) is 16. The molecule has 0 rings (SSSR count). The minimum absolute atomic E-state index is 0.000629. The summed E-state index contributed by atoms with van der Waals surface area (Å²) in [4.78, 5) is 144. The Balaban J connectivity index is 5.88. The number of aliphatic imine (C=N–C) groups is 1. The Bertz CT molecular complexity index is 1830. The SMILES string of the molecule is CC(C)C[C@H](NC(=O)[C@@H](NC(=O)[C@@H](N)C(C)C)[C@@H](C)O)C(=O)N[C@@H](CO)C(=O)N[C@@H](C)C(=O)N[C@@H](CCC(N)=O)C(=O)NCC(=O)N[C@@H](CCCN=C(N)N)C(=O)NCC(=O)N[C@H](C(=O)O)[C@@H](C)O. The normalized spacial score (nSPS) is 15.4. The van der Waals surface area contributed by atoms with Crippen LogP contribution in [0.15, 0.2) is 4.99 Å². The number of aliphatic hydroxyl groups is 3. The molecule has 69 heavy (non-hydrogen) atoms. The zero-order chi connectivity index (χ0) is 53.3. The Morgan fingerprint density at radius 1 is 0.551 bits per heavy atom. The van der Waals surface area contributed by atoms with Crippen molar-refractivity contribution in [2.24, 2.45) is 39.8 Å². The van der Waals surface area contributed by atoms with Gasteiger partial charge in [-0.1, -0.05) is 27.7 Å². The van der Waals surface area contributed by atoms with Crippen molar-refractivity contribution in [2.75, 3.05) is 26.2 Å². The van der Waals surface area contributed by atoms with E-state index >= 15 is 0 Å². The summed E-state index contributed by atoms with van der Waals surface area (Å²) in [7, 11) is 0. The third-order valence-corrected chi connectivity index (χ3v) is 9.81. The van der Waals surface area contributed by atoms with E-state index in [1.807, 2.05) is 5.32 Å². The van der Waals surface area contributed by atoms with Crippen LogP contribution in [0.2, 0.25) is 0 Å². The number of carbonyl (C=O) groups is 11. The topological polar surface area (TPSA) is 493 Å². The molecule has 0 aromatic carbocycles. The van der Waals surface area contributed by atoms with Crippen LogP contribution in [-0.2, 0) is 52.7 Å². The van der Waals surface area contributed by atoms with Gasteiger partial charge in [0.25, 0.3) is 0 Å². The molecular weight excluding hydrogens is 917 g/mol. The summed E-state index contributed by atoms with van der Waals surface area (Å²) >= 11 is 0. The van der Waals surface area contributed by atoms with Crippen molar-refractivity contribution in [3.8, 4) is 0 Å². The van der Waals surface area contributed by atoms with Gasteiger partial charge >= 0.3 is 5.97 Å². The van der Waals surface area contributed by atoms with Crippen molar-refractivity contribution in [1.82, 2.24) is 47.9 Å². The third kappa shape index (κ3) is 24.7. The van der Waals surface area contributed by atoms with Crippen LogP contribution in [0.5, 0.6) is 0 Å². The van der Waals surface area contributed by atoms with Gasteiger partial charge in [-0.3, -0.25) is 52.9 Å². The van der Waals surface area contributed by atoms with Gasteiger partial charge in [-0.05, 0) is 58.3 Å². The smallest absolute Gasteiger partial charge is 0.328 e. The molecule has 0 saturated heterocycles. The Kier molecular flexibility index (Phi) is 28.3. The molecule has 0 heterocycles. The molecule has 0 unspecified atom stereocenters. The third-order valence-electron chi connectivity index (χ3n) is 9.81. The van der Waals surface area contributed by atoms with E-state index in [1.165, 1.54) is 13.8 Å². The first-order valence-electron chi connectivity index (χ1n) is 22.0. The van der Waals surface area contributed by atoms with Crippen LogP contribution in [0.25, 0.3) is 0 Å². The fourth-order valence-corrected chi connectivity index (χ4v) is 5.83. The van der Waals surface area contributed by atoms with Crippen molar-refractivity contribution in [3.05, 3.63) is 0 Å². The van der Waals surface area contributed by atoms with Crippen LogP contribution in [0, 0.1) is 11.8 Å². The number of nitrogens with one attached hydrogen (secondary N) is 9. The summed E-state index contributed by atoms with van der Waals surface area (Å²) in [5, 5.41) is 59.6. The molecule has 0 aliphatic rings. The van der Waals surface area contributed by atoms with Crippen molar-refractivity contribution in [3.63, 3.8) is 0 Å². The molecule has 0 aliphatic carbocycles. The number of aliphatic carboxylic acids is 1. The number of hydrogen-bond donors (Lipinski definition) is 17. The highest BCUT2D eigenvalue weighted by Crippen LogP contribution is 2.08. The van der Waals surface area contributed by atoms with Crippen molar-refractivity contribution in [2.45, 2.75) is 141 Å². The number of amides is 10. The second-order valence-corrected chi connectivity index (χ2v) is 16.9. The Labute approximate surface area is 398 Å². The Hall–Kier alpha value is -6.72. The number of primary amides is 1. The summed E-state index contributed by atoms with van der Waals surface area (Å²) in [6.45, 7) is 7.78.